The van der Waals surface area contributed by atoms with Crippen LogP contribution in [0.4, 0.5) is 5.13 Å². The van der Waals surface area contributed by atoms with Crippen molar-refractivity contribution < 1.29 is 4.79 Å². The molecule has 0 bridgehead atoms. The molecule has 0 spiro atoms. The first kappa shape index (κ1) is 19.5. The van der Waals surface area contributed by atoms with Gasteiger partial charge >= 0.3 is 0 Å². The summed E-state index contributed by atoms with van der Waals surface area (Å²) >= 11 is 1.58. The minimum atomic E-state index is -0.0333. The number of thiazole rings is 1. The van der Waals surface area contributed by atoms with Crippen LogP contribution in [0.25, 0.3) is 21.0 Å². The van der Waals surface area contributed by atoms with Crippen LogP contribution in [0.15, 0.2) is 84.9 Å². The van der Waals surface area contributed by atoms with Gasteiger partial charge in [0.05, 0.1) is 16.8 Å². The van der Waals surface area contributed by atoms with Crippen molar-refractivity contribution in [2.45, 2.75) is 20.4 Å². The second-order valence-corrected chi connectivity index (χ2v) is 8.84. The minimum Gasteiger partial charge on any atom is -0.279 e. The molecule has 0 aliphatic rings. The number of amides is 1. The zero-order valence-electron chi connectivity index (χ0n) is 17.5. The predicted octanol–water partition coefficient (Wildman–Crippen LogP) is 6.91. The molecule has 0 saturated heterocycles. The van der Waals surface area contributed by atoms with Crippen LogP contribution in [0.1, 0.15) is 27.0 Å². The van der Waals surface area contributed by atoms with Crippen molar-refractivity contribution in [3.8, 4) is 0 Å². The van der Waals surface area contributed by atoms with Crippen molar-refractivity contribution in [3.63, 3.8) is 0 Å². The zero-order chi connectivity index (χ0) is 21.4. The Labute approximate surface area is 185 Å². The van der Waals surface area contributed by atoms with Crippen LogP contribution in [-0.2, 0) is 6.54 Å². The molecule has 0 aliphatic heterocycles. The lowest BCUT2D eigenvalue weighted by atomic mass is 10.0. The Hall–Kier alpha value is -3.50. The quantitative estimate of drug-likeness (QED) is 0.315. The molecule has 1 amide bonds. The van der Waals surface area contributed by atoms with Gasteiger partial charge in [-0.15, -0.1) is 0 Å². The SMILES string of the molecule is Cc1cc(C)c2nc(N(Cc3ccccc3)C(=O)c3cccc4ccccc34)sc2c1. The number of fused-ring (bicyclic) bond motifs is 2. The van der Waals surface area contributed by atoms with Crippen LogP contribution in [0.5, 0.6) is 0 Å². The van der Waals surface area contributed by atoms with E-state index in [0.717, 1.165) is 37.2 Å². The second-order valence-electron chi connectivity index (χ2n) is 7.83. The third kappa shape index (κ3) is 3.71. The van der Waals surface area contributed by atoms with Crippen LogP contribution in [-0.4, -0.2) is 10.9 Å². The number of hydrogen-bond acceptors (Lipinski definition) is 3. The van der Waals surface area contributed by atoms with Crippen molar-refractivity contribution in [2.75, 3.05) is 4.90 Å². The Balaban J connectivity index is 1.65. The summed E-state index contributed by atoms with van der Waals surface area (Å²) in [5.74, 6) is -0.0333. The number of carbonyl (C=O) groups excluding carboxylic acids is 1. The fourth-order valence-corrected chi connectivity index (χ4v) is 5.16. The van der Waals surface area contributed by atoms with Gasteiger partial charge in [-0.3, -0.25) is 9.69 Å². The van der Waals surface area contributed by atoms with Gasteiger partial charge in [-0.1, -0.05) is 84.1 Å². The maximum Gasteiger partial charge on any atom is 0.261 e. The third-order valence-electron chi connectivity index (χ3n) is 5.50. The molecule has 0 atom stereocenters. The van der Waals surface area contributed by atoms with E-state index in [1.54, 1.807) is 11.3 Å². The molecule has 0 radical (unpaired) electrons. The Morgan fingerprint density at radius 2 is 1.65 bits per heavy atom. The van der Waals surface area contributed by atoms with E-state index in [4.69, 9.17) is 4.98 Å². The van der Waals surface area contributed by atoms with Crippen molar-refractivity contribution in [2.24, 2.45) is 0 Å². The second kappa shape index (κ2) is 7.97. The third-order valence-corrected chi connectivity index (χ3v) is 6.52. The smallest absolute Gasteiger partial charge is 0.261 e. The molecule has 1 heterocycles. The fraction of sp³-hybridized carbons (Fsp3) is 0.111. The van der Waals surface area contributed by atoms with E-state index in [9.17, 15) is 4.79 Å². The summed E-state index contributed by atoms with van der Waals surface area (Å²) in [5, 5.41) is 2.75. The molecule has 0 fully saturated rings. The number of hydrogen-bond donors (Lipinski definition) is 0. The number of aromatic nitrogens is 1. The summed E-state index contributed by atoms with van der Waals surface area (Å²) in [6.45, 7) is 4.64. The summed E-state index contributed by atoms with van der Waals surface area (Å²) in [4.78, 5) is 20.6. The minimum absolute atomic E-state index is 0.0333. The molecule has 5 rings (SSSR count). The number of aryl methyl sites for hydroxylation is 2. The first-order valence-electron chi connectivity index (χ1n) is 10.3. The number of anilines is 1. The lowest BCUT2D eigenvalue weighted by molar-refractivity contribution is 0.0986. The largest absolute Gasteiger partial charge is 0.279 e. The highest BCUT2D eigenvalue weighted by atomic mass is 32.1. The van der Waals surface area contributed by atoms with Crippen molar-refractivity contribution in [1.29, 1.82) is 0 Å². The Bertz CT molecular complexity index is 1400. The van der Waals surface area contributed by atoms with Crippen LogP contribution in [0.2, 0.25) is 0 Å². The van der Waals surface area contributed by atoms with Crippen molar-refractivity contribution in [3.05, 3.63) is 107 Å². The van der Waals surface area contributed by atoms with Gasteiger partial charge in [0.15, 0.2) is 5.13 Å². The highest BCUT2D eigenvalue weighted by Gasteiger charge is 2.23. The van der Waals surface area contributed by atoms with Gasteiger partial charge in [0.1, 0.15) is 0 Å². The molecule has 0 aliphatic carbocycles. The molecule has 1 aromatic heterocycles. The van der Waals surface area contributed by atoms with Crippen molar-refractivity contribution >= 4 is 43.4 Å². The van der Waals surface area contributed by atoms with Crippen LogP contribution >= 0.6 is 11.3 Å². The van der Waals surface area contributed by atoms with Gasteiger partial charge in [0.2, 0.25) is 0 Å². The molecular formula is C27H22N2OS. The molecule has 4 heteroatoms. The number of nitrogens with zero attached hydrogens (tertiary/aromatic N) is 2. The van der Waals surface area contributed by atoms with E-state index in [1.807, 2.05) is 77.7 Å². The fourth-order valence-electron chi connectivity index (χ4n) is 4.02. The van der Waals surface area contributed by atoms with E-state index in [1.165, 1.54) is 5.56 Å². The normalized spacial score (nSPS) is 11.2. The average Bonchev–Trinajstić information content (AvgIpc) is 3.21. The zero-order valence-corrected chi connectivity index (χ0v) is 18.3. The molecule has 5 aromatic rings. The van der Waals surface area contributed by atoms with E-state index < -0.39 is 0 Å². The van der Waals surface area contributed by atoms with E-state index >= 15 is 0 Å². The average molecular weight is 423 g/mol. The predicted molar refractivity (Wildman–Crippen MR) is 130 cm³/mol. The van der Waals surface area contributed by atoms with E-state index in [2.05, 4.69) is 26.0 Å². The monoisotopic (exact) mass is 422 g/mol. The maximum absolute atomic E-state index is 13.9. The van der Waals surface area contributed by atoms with Gasteiger partial charge in [0, 0.05) is 5.56 Å². The molecule has 0 unspecified atom stereocenters. The van der Waals surface area contributed by atoms with Gasteiger partial charge in [-0.05, 0) is 53.4 Å². The number of carbonyl (C=O) groups is 1. The first-order chi connectivity index (χ1) is 15.1. The topological polar surface area (TPSA) is 33.2 Å². The van der Waals surface area contributed by atoms with E-state index in [-0.39, 0.29) is 5.91 Å². The summed E-state index contributed by atoms with van der Waals surface area (Å²) < 4.78 is 1.11. The number of rotatable bonds is 4. The molecule has 3 nitrogen and oxygen atoms in total. The highest BCUT2D eigenvalue weighted by Crippen LogP contribution is 2.34. The highest BCUT2D eigenvalue weighted by molar-refractivity contribution is 7.22. The van der Waals surface area contributed by atoms with Crippen LogP contribution in [0, 0.1) is 13.8 Å². The van der Waals surface area contributed by atoms with Crippen LogP contribution < -0.4 is 4.90 Å². The molecule has 0 N–H and O–H groups in total. The molecule has 152 valence electrons. The Kier molecular flexibility index (Phi) is 5.00. The first-order valence-corrected chi connectivity index (χ1v) is 11.1. The summed E-state index contributed by atoms with van der Waals surface area (Å²) in [6, 6.07) is 28.3. The van der Waals surface area contributed by atoms with Gasteiger partial charge in [-0.2, -0.15) is 0 Å². The van der Waals surface area contributed by atoms with Crippen LogP contribution in [0.3, 0.4) is 0 Å². The van der Waals surface area contributed by atoms with Gasteiger partial charge in [0.25, 0.3) is 5.91 Å². The lowest BCUT2D eigenvalue weighted by Gasteiger charge is -2.21. The Morgan fingerprint density at radius 1 is 0.903 bits per heavy atom. The summed E-state index contributed by atoms with van der Waals surface area (Å²) in [6.07, 6.45) is 0. The van der Waals surface area contributed by atoms with Crippen molar-refractivity contribution in [1.82, 2.24) is 4.98 Å². The lowest BCUT2D eigenvalue weighted by Crippen LogP contribution is -2.30. The summed E-state index contributed by atoms with van der Waals surface area (Å²) in [5.41, 5.74) is 5.07. The molecule has 0 saturated carbocycles. The van der Waals surface area contributed by atoms with Gasteiger partial charge < -0.3 is 0 Å². The molecular weight excluding hydrogens is 400 g/mol. The maximum atomic E-state index is 13.9. The molecule has 4 aromatic carbocycles. The summed E-state index contributed by atoms with van der Waals surface area (Å²) in [7, 11) is 0. The molecule has 31 heavy (non-hydrogen) atoms. The number of benzene rings is 4. The Morgan fingerprint density at radius 3 is 2.48 bits per heavy atom. The standard InChI is InChI=1S/C27H22N2OS/c1-18-15-19(2)25-24(16-18)31-27(28-25)29(17-20-9-4-3-5-10-20)26(30)23-14-8-12-21-11-6-7-13-22(21)23/h3-16H,17H2,1-2H3. The van der Waals surface area contributed by atoms with E-state index in [0.29, 0.717) is 12.1 Å². The van der Waals surface area contributed by atoms with Gasteiger partial charge in [-0.25, -0.2) is 4.98 Å².